The van der Waals surface area contributed by atoms with Crippen LogP contribution < -0.4 is 9.64 Å². The van der Waals surface area contributed by atoms with Crippen molar-refractivity contribution in [3.8, 4) is 5.75 Å². The van der Waals surface area contributed by atoms with Crippen molar-refractivity contribution in [1.29, 1.82) is 0 Å². The molecule has 6 atom stereocenters. The van der Waals surface area contributed by atoms with E-state index in [1.807, 2.05) is 86.6 Å². The SMILES string of the molecule is CC1(C)O[C@H]2O[C@H]([C@@H]3[C@H](Oc4ccccc4)C(=O)N3c3cccc(Cl)c3)[C@H](OCc3ccccc3)[C@H]2O1. The van der Waals surface area contributed by atoms with Crippen LogP contribution in [0.1, 0.15) is 19.4 Å². The number of rotatable bonds is 7. The Hall–Kier alpha value is -2.94. The molecular weight excluding hydrogens is 494 g/mol. The molecule has 6 rings (SSSR count). The number of ether oxygens (including phenoxy) is 5. The fourth-order valence-electron chi connectivity index (χ4n) is 5.23. The number of para-hydroxylation sites is 1. The fraction of sp³-hybridized carbons (Fsp3) is 0.345. The molecule has 0 aromatic heterocycles. The van der Waals surface area contributed by atoms with Crippen LogP contribution in [-0.2, 0) is 30.3 Å². The number of fused-ring (bicyclic) bond motifs is 1. The van der Waals surface area contributed by atoms with Gasteiger partial charge in [0.25, 0.3) is 5.91 Å². The molecule has 8 heteroatoms. The third-order valence-corrected chi connectivity index (χ3v) is 7.07. The van der Waals surface area contributed by atoms with Crippen LogP contribution in [0.25, 0.3) is 0 Å². The van der Waals surface area contributed by atoms with Crippen molar-refractivity contribution < 1.29 is 28.5 Å². The van der Waals surface area contributed by atoms with E-state index >= 15 is 0 Å². The van der Waals surface area contributed by atoms with Gasteiger partial charge in [0.15, 0.2) is 12.1 Å². The molecule has 0 spiro atoms. The second-order valence-electron chi connectivity index (χ2n) is 9.86. The second kappa shape index (κ2) is 9.74. The third kappa shape index (κ3) is 4.74. The van der Waals surface area contributed by atoms with Gasteiger partial charge in [-0.15, -0.1) is 0 Å². The highest BCUT2D eigenvalue weighted by molar-refractivity contribution is 6.31. The van der Waals surface area contributed by atoms with E-state index in [0.717, 1.165) is 5.56 Å². The number of amides is 1. The number of nitrogens with zero attached hydrogens (tertiary/aromatic N) is 1. The molecule has 7 nitrogen and oxygen atoms in total. The Morgan fingerprint density at radius 2 is 1.65 bits per heavy atom. The highest BCUT2D eigenvalue weighted by Crippen LogP contribution is 2.45. The predicted octanol–water partition coefficient (Wildman–Crippen LogP) is 4.96. The van der Waals surface area contributed by atoms with Crippen LogP contribution in [0.15, 0.2) is 84.9 Å². The van der Waals surface area contributed by atoms with Crippen molar-refractivity contribution >= 4 is 23.2 Å². The number of hydrogen-bond donors (Lipinski definition) is 0. The number of halogens is 1. The summed E-state index contributed by atoms with van der Waals surface area (Å²) in [5.41, 5.74) is 1.69. The molecule has 3 saturated heterocycles. The predicted molar refractivity (Wildman–Crippen MR) is 137 cm³/mol. The Labute approximate surface area is 220 Å². The minimum atomic E-state index is -0.809. The Balaban J connectivity index is 1.33. The van der Waals surface area contributed by atoms with Gasteiger partial charge in [0.2, 0.25) is 6.10 Å². The van der Waals surface area contributed by atoms with Crippen LogP contribution in [0.3, 0.4) is 0 Å². The van der Waals surface area contributed by atoms with Gasteiger partial charge in [0.05, 0.1) is 6.61 Å². The Bertz CT molecular complexity index is 1260. The maximum Gasteiger partial charge on any atom is 0.270 e. The summed E-state index contributed by atoms with van der Waals surface area (Å²) in [6, 6.07) is 25.9. The molecule has 0 bridgehead atoms. The first-order valence-corrected chi connectivity index (χ1v) is 12.7. The molecule has 3 fully saturated rings. The lowest BCUT2D eigenvalue weighted by molar-refractivity contribution is -0.226. The first-order chi connectivity index (χ1) is 17.9. The average Bonchev–Trinajstić information content (AvgIpc) is 3.36. The summed E-state index contributed by atoms with van der Waals surface area (Å²) < 4.78 is 31.4. The first kappa shape index (κ1) is 24.4. The largest absolute Gasteiger partial charge is 0.478 e. The summed E-state index contributed by atoms with van der Waals surface area (Å²) in [7, 11) is 0. The topological polar surface area (TPSA) is 66.5 Å². The van der Waals surface area contributed by atoms with Crippen LogP contribution in [0.5, 0.6) is 5.75 Å². The van der Waals surface area contributed by atoms with E-state index in [2.05, 4.69) is 0 Å². The minimum Gasteiger partial charge on any atom is -0.478 e. The smallest absolute Gasteiger partial charge is 0.270 e. The monoisotopic (exact) mass is 521 g/mol. The number of carbonyl (C=O) groups is 1. The highest BCUT2D eigenvalue weighted by atomic mass is 35.5. The van der Waals surface area contributed by atoms with Gasteiger partial charge in [-0.05, 0) is 49.7 Å². The lowest BCUT2D eigenvalue weighted by atomic mass is 9.88. The van der Waals surface area contributed by atoms with Crippen LogP contribution in [-0.4, -0.2) is 48.4 Å². The lowest BCUT2D eigenvalue weighted by Crippen LogP contribution is -2.73. The summed E-state index contributed by atoms with van der Waals surface area (Å²) in [6.45, 7) is 4.06. The molecule has 3 aliphatic rings. The summed E-state index contributed by atoms with van der Waals surface area (Å²) in [5, 5.41) is 0.533. The van der Waals surface area contributed by atoms with Crippen LogP contribution in [0.2, 0.25) is 5.02 Å². The van der Waals surface area contributed by atoms with E-state index in [-0.39, 0.29) is 5.91 Å². The summed E-state index contributed by atoms with van der Waals surface area (Å²) >= 11 is 6.28. The molecule has 3 heterocycles. The van der Waals surface area contributed by atoms with Gasteiger partial charge < -0.3 is 23.7 Å². The number of β-lactam (4-membered cyclic amide) rings is 1. The van der Waals surface area contributed by atoms with Gasteiger partial charge in [-0.2, -0.15) is 0 Å². The van der Waals surface area contributed by atoms with Crippen molar-refractivity contribution in [3.05, 3.63) is 95.5 Å². The molecule has 0 aliphatic carbocycles. The van der Waals surface area contributed by atoms with E-state index in [9.17, 15) is 4.79 Å². The molecule has 1 amide bonds. The van der Waals surface area contributed by atoms with Gasteiger partial charge in [-0.25, -0.2) is 0 Å². The van der Waals surface area contributed by atoms with E-state index in [4.69, 9.17) is 35.3 Å². The van der Waals surface area contributed by atoms with Gasteiger partial charge in [0, 0.05) is 10.7 Å². The zero-order valence-corrected chi connectivity index (χ0v) is 21.3. The molecule has 3 aliphatic heterocycles. The Morgan fingerprint density at radius 3 is 2.38 bits per heavy atom. The number of anilines is 1. The van der Waals surface area contributed by atoms with Crippen LogP contribution in [0.4, 0.5) is 5.69 Å². The average molecular weight is 522 g/mol. The quantitative estimate of drug-likeness (QED) is 0.409. The Morgan fingerprint density at radius 1 is 0.919 bits per heavy atom. The zero-order valence-electron chi connectivity index (χ0n) is 20.5. The molecule has 0 unspecified atom stereocenters. The van der Waals surface area contributed by atoms with Gasteiger partial charge in [0.1, 0.15) is 30.1 Å². The van der Waals surface area contributed by atoms with Crippen molar-refractivity contribution in [3.63, 3.8) is 0 Å². The molecular formula is C29H28ClNO6. The van der Waals surface area contributed by atoms with E-state index in [0.29, 0.717) is 23.1 Å². The fourth-order valence-corrected chi connectivity index (χ4v) is 5.41. The third-order valence-electron chi connectivity index (χ3n) is 6.83. The van der Waals surface area contributed by atoms with Gasteiger partial charge in [-0.3, -0.25) is 9.69 Å². The molecule has 0 saturated carbocycles. The number of carbonyl (C=O) groups excluding carboxylic acids is 1. The van der Waals surface area contributed by atoms with Gasteiger partial charge in [-0.1, -0.05) is 66.2 Å². The van der Waals surface area contributed by atoms with Crippen molar-refractivity contribution in [2.75, 3.05) is 4.90 Å². The van der Waals surface area contributed by atoms with Crippen LogP contribution >= 0.6 is 11.6 Å². The molecule has 0 radical (unpaired) electrons. The normalized spacial score (nSPS) is 30.1. The number of hydrogen-bond acceptors (Lipinski definition) is 6. The molecule has 192 valence electrons. The Kier molecular flexibility index (Phi) is 6.42. The lowest BCUT2D eigenvalue weighted by Gasteiger charge is -2.49. The van der Waals surface area contributed by atoms with E-state index < -0.39 is 42.5 Å². The standard InChI is InChI=1S/C29H28ClNO6/c1-29(2)36-26-25(33-17-18-10-5-3-6-11-18)23(35-28(26)37-29)22-24(34-21-14-7-4-8-15-21)27(32)31(22)20-13-9-12-19(30)16-20/h3-16,22-26,28H,17H2,1-2H3/t22-,23-,24+,25+,26-,28-/m1/s1. The molecule has 3 aromatic carbocycles. The summed E-state index contributed by atoms with van der Waals surface area (Å²) in [4.78, 5) is 15.2. The van der Waals surface area contributed by atoms with Crippen molar-refractivity contribution in [1.82, 2.24) is 0 Å². The second-order valence-corrected chi connectivity index (χ2v) is 10.3. The van der Waals surface area contributed by atoms with Gasteiger partial charge >= 0.3 is 0 Å². The zero-order chi connectivity index (χ0) is 25.6. The van der Waals surface area contributed by atoms with Crippen LogP contribution in [0, 0.1) is 0 Å². The number of benzene rings is 3. The van der Waals surface area contributed by atoms with Crippen molar-refractivity contribution in [2.45, 2.75) is 63.0 Å². The summed E-state index contributed by atoms with van der Waals surface area (Å²) in [5.74, 6) is -0.387. The highest BCUT2D eigenvalue weighted by Gasteiger charge is 2.64. The molecule has 37 heavy (non-hydrogen) atoms. The molecule has 0 N–H and O–H groups in total. The maximum absolute atomic E-state index is 13.5. The maximum atomic E-state index is 13.5. The molecule has 3 aromatic rings. The van der Waals surface area contributed by atoms with E-state index in [1.165, 1.54) is 0 Å². The van der Waals surface area contributed by atoms with Crippen molar-refractivity contribution in [2.24, 2.45) is 0 Å². The van der Waals surface area contributed by atoms with E-state index in [1.54, 1.807) is 17.0 Å². The summed E-state index contributed by atoms with van der Waals surface area (Å²) in [6.07, 6.45) is -2.94. The first-order valence-electron chi connectivity index (χ1n) is 12.4. The minimum absolute atomic E-state index is 0.180.